The molecule has 0 bridgehead atoms. The van der Waals surface area contributed by atoms with E-state index in [1.165, 1.54) is 12.1 Å². The summed E-state index contributed by atoms with van der Waals surface area (Å²) in [5.41, 5.74) is 0.427. The molecule has 0 atom stereocenters. The van der Waals surface area contributed by atoms with Gasteiger partial charge in [-0.15, -0.1) is 0 Å². The van der Waals surface area contributed by atoms with Gasteiger partial charge in [-0.05, 0) is 40.6 Å². The van der Waals surface area contributed by atoms with Crippen molar-refractivity contribution in [3.8, 4) is 5.75 Å². The summed E-state index contributed by atoms with van der Waals surface area (Å²) >= 11 is 0. The van der Waals surface area contributed by atoms with Crippen molar-refractivity contribution in [3.63, 3.8) is 0 Å². The van der Waals surface area contributed by atoms with E-state index in [0.29, 0.717) is 32.7 Å². The standard InChI is InChI=1S/C23H21F3N2O2/c24-23(25,26)19-7-5-16(6-8-19)15-27-9-11-28(12-10-27)22(30)20-13-17-3-1-2-4-18(17)14-21(20)29/h1-8,13-14,29H,9-12,15H2. The first kappa shape index (κ1) is 20.2. The molecule has 1 aliphatic heterocycles. The molecule has 30 heavy (non-hydrogen) atoms. The molecule has 0 saturated carbocycles. The van der Waals surface area contributed by atoms with E-state index in [2.05, 4.69) is 4.90 Å². The Bertz CT molecular complexity index is 1060. The molecular formula is C23H21F3N2O2. The first-order chi connectivity index (χ1) is 14.3. The maximum atomic E-state index is 12.9. The monoisotopic (exact) mass is 414 g/mol. The Morgan fingerprint density at radius 3 is 2.10 bits per heavy atom. The molecule has 156 valence electrons. The van der Waals surface area contributed by atoms with Crippen LogP contribution >= 0.6 is 0 Å². The number of fused-ring (bicyclic) bond motifs is 1. The number of hydrogen-bond acceptors (Lipinski definition) is 3. The van der Waals surface area contributed by atoms with Gasteiger partial charge in [-0.25, -0.2) is 0 Å². The summed E-state index contributed by atoms with van der Waals surface area (Å²) in [6.07, 6.45) is -4.33. The van der Waals surface area contributed by atoms with Crippen LogP contribution in [0.3, 0.4) is 0 Å². The van der Waals surface area contributed by atoms with Gasteiger partial charge in [0.15, 0.2) is 0 Å². The molecule has 1 aliphatic rings. The molecule has 4 nitrogen and oxygen atoms in total. The van der Waals surface area contributed by atoms with E-state index in [9.17, 15) is 23.1 Å². The summed E-state index contributed by atoms with van der Waals surface area (Å²) in [4.78, 5) is 16.7. The van der Waals surface area contributed by atoms with Crippen molar-refractivity contribution < 1.29 is 23.1 Å². The van der Waals surface area contributed by atoms with Crippen molar-refractivity contribution in [1.82, 2.24) is 9.80 Å². The van der Waals surface area contributed by atoms with Crippen LogP contribution < -0.4 is 0 Å². The fraction of sp³-hybridized carbons (Fsp3) is 0.261. The van der Waals surface area contributed by atoms with E-state index in [-0.39, 0.29) is 17.2 Å². The Morgan fingerprint density at radius 2 is 1.50 bits per heavy atom. The van der Waals surface area contributed by atoms with Gasteiger partial charge in [-0.2, -0.15) is 13.2 Å². The number of carbonyl (C=O) groups excluding carboxylic acids is 1. The summed E-state index contributed by atoms with van der Waals surface area (Å²) < 4.78 is 38.1. The van der Waals surface area contributed by atoms with Gasteiger partial charge in [0.1, 0.15) is 5.75 Å². The number of phenols is 1. The summed E-state index contributed by atoms with van der Waals surface area (Å²) in [5.74, 6) is -0.252. The fourth-order valence-electron chi connectivity index (χ4n) is 3.74. The van der Waals surface area contributed by atoms with Crippen LogP contribution in [0.25, 0.3) is 10.8 Å². The van der Waals surface area contributed by atoms with E-state index >= 15 is 0 Å². The van der Waals surface area contributed by atoms with Gasteiger partial charge in [-0.3, -0.25) is 9.69 Å². The molecule has 1 heterocycles. The Hall–Kier alpha value is -3.06. The van der Waals surface area contributed by atoms with Crippen LogP contribution in [-0.4, -0.2) is 47.0 Å². The largest absolute Gasteiger partial charge is 0.507 e. The molecule has 0 spiro atoms. The Morgan fingerprint density at radius 1 is 0.900 bits per heavy atom. The Labute approximate surface area is 172 Å². The predicted octanol–water partition coefficient (Wildman–Crippen LogP) is 4.52. The number of carbonyl (C=O) groups is 1. The molecule has 7 heteroatoms. The van der Waals surface area contributed by atoms with Gasteiger partial charge in [0.25, 0.3) is 5.91 Å². The molecule has 3 aromatic carbocycles. The highest BCUT2D eigenvalue weighted by molar-refractivity contribution is 6.01. The van der Waals surface area contributed by atoms with Crippen molar-refractivity contribution >= 4 is 16.7 Å². The van der Waals surface area contributed by atoms with E-state index in [1.54, 1.807) is 17.0 Å². The lowest BCUT2D eigenvalue weighted by Gasteiger charge is -2.35. The second-order valence-corrected chi connectivity index (χ2v) is 7.48. The highest BCUT2D eigenvalue weighted by Crippen LogP contribution is 2.29. The number of halogens is 3. The lowest BCUT2D eigenvalue weighted by Crippen LogP contribution is -2.48. The minimum atomic E-state index is -4.33. The maximum absolute atomic E-state index is 12.9. The summed E-state index contributed by atoms with van der Waals surface area (Å²) in [6.45, 7) is 2.74. The maximum Gasteiger partial charge on any atom is 0.416 e. The second-order valence-electron chi connectivity index (χ2n) is 7.48. The number of nitrogens with zero attached hydrogens (tertiary/aromatic N) is 2. The van der Waals surface area contributed by atoms with Gasteiger partial charge >= 0.3 is 6.18 Å². The van der Waals surface area contributed by atoms with Crippen molar-refractivity contribution in [1.29, 1.82) is 0 Å². The number of rotatable bonds is 3. The Balaban J connectivity index is 1.38. The molecule has 0 radical (unpaired) electrons. The number of benzene rings is 3. The average Bonchev–Trinajstić information content (AvgIpc) is 2.73. The summed E-state index contributed by atoms with van der Waals surface area (Å²) in [7, 11) is 0. The van der Waals surface area contributed by atoms with Crippen LogP contribution in [0.4, 0.5) is 13.2 Å². The van der Waals surface area contributed by atoms with Crippen LogP contribution in [0, 0.1) is 0 Å². The molecule has 0 aromatic heterocycles. The molecule has 1 amide bonds. The van der Waals surface area contributed by atoms with Gasteiger partial charge < -0.3 is 10.0 Å². The van der Waals surface area contributed by atoms with Crippen molar-refractivity contribution in [2.45, 2.75) is 12.7 Å². The number of piperazine rings is 1. The van der Waals surface area contributed by atoms with Crippen molar-refractivity contribution in [3.05, 3.63) is 77.4 Å². The van der Waals surface area contributed by atoms with E-state index in [0.717, 1.165) is 28.5 Å². The number of phenolic OH excluding ortho intramolecular Hbond substituents is 1. The average molecular weight is 414 g/mol. The topological polar surface area (TPSA) is 43.8 Å². The normalized spacial score (nSPS) is 15.5. The van der Waals surface area contributed by atoms with Crippen LogP contribution in [0.1, 0.15) is 21.5 Å². The second kappa shape index (κ2) is 7.99. The molecule has 3 aromatic rings. The van der Waals surface area contributed by atoms with Crippen molar-refractivity contribution in [2.75, 3.05) is 26.2 Å². The zero-order valence-corrected chi connectivity index (χ0v) is 16.2. The van der Waals surface area contributed by atoms with Crippen LogP contribution in [0.5, 0.6) is 5.75 Å². The van der Waals surface area contributed by atoms with Crippen molar-refractivity contribution in [2.24, 2.45) is 0 Å². The smallest absolute Gasteiger partial charge is 0.416 e. The van der Waals surface area contributed by atoms with Gasteiger partial charge in [0, 0.05) is 32.7 Å². The summed E-state index contributed by atoms with van der Waals surface area (Å²) in [5, 5.41) is 12.1. The third-order valence-electron chi connectivity index (χ3n) is 5.44. The van der Waals surface area contributed by atoms with Gasteiger partial charge in [-0.1, -0.05) is 36.4 Å². The molecule has 4 rings (SSSR count). The number of aromatic hydroxyl groups is 1. The third kappa shape index (κ3) is 4.26. The highest BCUT2D eigenvalue weighted by Gasteiger charge is 2.30. The lowest BCUT2D eigenvalue weighted by molar-refractivity contribution is -0.137. The number of alkyl halides is 3. The molecule has 1 fully saturated rings. The highest BCUT2D eigenvalue weighted by atomic mass is 19.4. The first-order valence-corrected chi connectivity index (χ1v) is 9.71. The third-order valence-corrected chi connectivity index (χ3v) is 5.44. The van der Waals surface area contributed by atoms with Crippen LogP contribution in [-0.2, 0) is 12.7 Å². The SMILES string of the molecule is O=C(c1cc2ccccc2cc1O)N1CCN(Cc2ccc(C(F)(F)F)cc2)CC1. The summed E-state index contributed by atoms with van der Waals surface area (Å²) in [6, 6.07) is 16.0. The molecule has 0 aliphatic carbocycles. The zero-order chi connectivity index (χ0) is 21.3. The molecule has 1 saturated heterocycles. The molecular weight excluding hydrogens is 393 g/mol. The lowest BCUT2D eigenvalue weighted by atomic mass is 10.0. The molecule has 0 unspecified atom stereocenters. The minimum absolute atomic E-state index is 0.0362. The number of hydrogen-bond donors (Lipinski definition) is 1. The minimum Gasteiger partial charge on any atom is -0.507 e. The van der Waals surface area contributed by atoms with E-state index in [1.807, 2.05) is 24.3 Å². The van der Waals surface area contributed by atoms with E-state index in [4.69, 9.17) is 0 Å². The Kier molecular flexibility index (Phi) is 5.39. The van der Waals surface area contributed by atoms with Crippen LogP contribution in [0.2, 0.25) is 0 Å². The zero-order valence-electron chi connectivity index (χ0n) is 16.2. The van der Waals surface area contributed by atoms with E-state index < -0.39 is 11.7 Å². The number of amides is 1. The first-order valence-electron chi connectivity index (χ1n) is 9.71. The predicted molar refractivity (Wildman–Crippen MR) is 108 cm³/mol. The fourth-order valence-corrected chi connectivity index (χ4v) is 3.74. The van der Waals surface area contributed by atoms with Gasteiger partial charge in [0.2, 0.25) is 0 Å². The van der Waals surface area contributed by atoms with Crippen LogP contribution in [0.15, 0.2) is 60.7 Å². The molecule has 1 N–H and O–H groups in total. The quantitative estimate of drug-likeness (QED) is 0.685. The van der Waals surface area contributed by atoms with Gasteiger partial charge in [0.05, 0.1) is 11.1 Å².